The number of carbonyl (C=O) groups is 1. The van der Waals surface area contributed by atoms with E-state index in [0.29, 0.717) is 17.7 Å². The molecule has 31 heavy (non-hydrogen) atoms. The van der Waals surface area contributed by atoms with Crippen molar-refractivity contribution in [2.45, 2.75) is 52.4 Å². The molecule has 1 aromatic carbocycles. The Kier molecular flexibility index (Phi) is 13.8. The minimum Gasteiger partial charge on any atom is -0.395 e. The second-order valence-corrected chi connectivity index (χ2v) is 7.91. The van der Waals surface area contributed by atoms with Crippen LogP contribution in [0.3, 0.4) is 0 Å². The Morgan fingerprint density at radius 2 is 1.90 bits per heavy atom. The summed E-state index contributed by atoms with van der Waals surface area (Å²) in [6.45, 7) is 8.59. The lowest BCUT2D eigenvalue weighted by Crippen LogP contribution is -2.26. The molecule has 0 fully saturated rings. The number of fused-ring (bicyclic) bond motifs is 1. The number of sulfonamides is 1. The molecule has 0 spiro atoms. The number of amides is 1. The monoisotopic (exact) mass is 477 g/mol. The first-order valence-corrected chi connectivity index (χ1v) is 12.1. The minimum absolute atomic E-state index is 0.0463. The zero-order valence-corrected chi connectivity index (χ0v) is 20.3. The van der Waals surface area contributed by atoms with Crippen molar-refractivity contribution in [1.29, 1.82) is 0 Å². The van der Waals surface area contributed by atoms with Gasteiger partial charge in [0.05, 0.1) is 17.3 Å². The van der Waals surface area contributed by atoms with E-state index in [4.69, 9.17) is 16.7 Å². The van der Waals surface area contributed by atoms with Crippen LogP contribution in [-0.4, -0.2) is 39.3 Å². The van der Waals surface area contributed by atoms with E-state index in [9.17, 15) is 17.6 Å². The number of allylic oxidation sites excluding steroid dienone is 3. The highest BCUT2D eigenvalue weighted by molar-refractivity contribution is 7.89. The second kappa shape index (κ2) is 14.8. The average Bonchev–Trinajstić information content (AvgIpc) is 2.78. The number of aryl methyl sites for hydroxylation is 1. The van der Waals surface area contributed by atoms with Gasteiger partial charge in [0.15, 0.2) is 0 Å². The van der Waals surface area contributed by atoms with E-state index in [2.05, 4.69) is 15.4 Å². The highest BCUT2D eigenvalue weighted by atomic mass is 35.5. The summed E-state index contributed by atoms with van der Waals surface area (Å²) in [7, 11) is -4.03. The third-order valence-corrected chi connectivity index (χ3v) is 5.45. The Morgan fingerprint density at radius 1 is 1.26 bits per heavy atom. The van der Waals surface area contributed by atoms with Gasteiger partial charge in [-0.1, -0.05) is 45.4 Å². The van der Waals surface area contributed by atoms with E-state index in [1.807, 2.05) is 27.7 Å². The number of aliphatic hydroxyl groups excluding tert-OH is 1. The SMILES string of the molecule is C/C=C(\C=C(\Cl)CF)NS(=O)(=O)c1cc2c(cc1NCCO)NC(=O)CC2.CC.CC. The van der Waals surface area contributed by atoms with Crippen molar-refractivity contribution in [2.24, 2.45) is 0 Å². The number of aliphatic hydroxyl groups is 1. The van der Waals surface area contributed by atoms with Crippen molar-refractivity contribution in [2.75, 3.05) is 30.5 Å². The van der Waals surface area contributed by atoms with E-state index in [-0.39, 0.29) is 46.8 Å². The fourth-order valence-corrected chi connectivity index (χ4v) is 3.98. The third-order valence-electron chi connectivity index (χ3n) is 3.82. The molecule has 1 aromatic rings. The van der Waals surface area contributed by atoms with E-state index in [0.717, 1.165) is 0 Å². The van der Waals surface area contributed by atoms with Crippen LogP contribution in [0, 0.1) is 0 Å². The molecule has 0 aliphatic carbocycles. The first kappa shape index (κ1) is 28.9. The minimum atomic E-state index is -4.03. The van der Waals surface area contributed by atoms with Gasteiger partial charge in [-0.25, -0.2) is 12.8 Å². The van der Waals surface area contributed by atoms with Crippen molar-refractivity contribution in [1.82, 2.24) is 4.72 Å². The maximum Gasteiger partial charge on any atom is 0.263 e. The van der Waals surface area contributed by atoms with E-state index in [1.165, 1.54) is 24.3 Å². The maximum atomic E-state index is 12.9. The molecule has 176 valence electrons. The predicted octanol–water partition coefficient (Wildman–Crippen LogP) is 4.30. The number of carbonyl (C=O) groups excluding carboxylic acids is 1. The highest BCUT2D eigenvalue weighted by Gasteiger charge is 2.24. The number of halogens is 2. The van der Waals surface area contributed by atoms with Crippen molar-refractivity contribution < 1.29 is 22.7 Å². The lowest BCUT2D eigenvalue weighted by Gasteiger charge is -2.21. The van der Waals surface area contributed by atoms with Gasteiger partial charge in [-0.3, -0.25) is 9.52 Å². The van der Waals surface area contributed by atoms with Gasteiger partial charge in [-0.2, -0.15) is 0 Å². The fourth-order valence-electron chi connectivity index (χ4n) is 2.55. The van der Waals surface area contributed by atoms with Crippen LogP contribution in [0.1, 0.15) is 46.6 Å². The maximum absolute atomic E-state index is 12.9. The molecule has 0 radical (unpaired) electrons. The van der Waals surface area contributed by atoms with Gasteiger partial charge in [-0.15, -0.1) is 0 Å². The number of alkyl halides is 1. The summed E-state index contributed by atoms with van der Waals surface area (Å²) in [5.74, 6) is -0.147. The fraction of sp³-hybridized carbons (Fsp3) is 0.476. The third kappa shape index (κ3) is 8.88. The number of rotatable bonds is 8. The van der Waals surface area contributed by atoms with Crippen molar-refractivity contribution >= 4 is 38.9 Å². The summed E-state index contributed by atoms with van der Waals surface area (Å²) in [6.07, 6.45) is 3.32. The van der Waals surface area contributed by atoms with E-state index >= 15 is 0 Å². The molecule has 1 heterocycles. The zero-order chi connectivity index (χ0) is 24.0. The molecule has 0 saturated carbocycles. The van der Waals surface area contributed by atoms with Gasteiger partial charge in [0.1, 0.15) is 11.6 Å². The molecule has 1 amide bonds. The molecule has 7 nitrogen and oxygen atoms in total. The normalized spacial score (nSPS) is 13.6. The van der Waals surface area contributed by atoms with Crippen LogP contribution in [-0.2, 0) is 21.2 Å². The van der Waals surface area contributed by atoms with Crippen molar-refractivity contribution in [3.05, 3.63) is 40.6 Å². The largest absolute Gasteiger partial charge is 0.395 e. The summed E-state index contributed by atoms with van der Waals surface area (Å²) < 4.78 is 40.8. The Morgan fingerprint density at radius 3 is 2.45 bits per heavy atom. The molecule has 10 heteroatoms. The first-order chi connectivity index (χ1) is 14.8. The number of anilines is 2. The standard InChI is InChI=1S/C17H21ClFN3O4S.2C2H6/c1-2-13(8-12(18)10-19)22-27(25,26)16-7-11-3-4-17(24)21-14(11)9-15(16)20-5-6-23;2*1-2/h2,7-9,20,22-23H,3-6,10H2,1H3,(H,21,24);2*1-2H3/b12-8+,13-2+;;. The van der Waals surface area contributed by atoms with Crippen LogP contribution in [0.15, 0.2) is 39.9 Å². The van der Waals surface area contributed by atoms with Crippen LogP contribution in [0.4, 0.5) is 15.8 Å². The molecule has 0 unspecified atom stereocenters. The van der Waals surface area contributed by atoms with Gasteiger partial charge < -0.3 is 15.7 Å². The van der Waals surface area contributed by atoms with E-state index in [1.54, 1.807) is 6.92 Å². The van der Waals surface area contributed by atoms with Gasteiger partial charge >= 0.3 is 0 Å². The summed E-state index contributed by atoms with van der Waals surface area (Å²) in [5, 5.41) is 14.4. The molecule has 0 aromatic heterocycles. The van der Waals surface area contributed by atoms with Crippen LogP contribution in [0.25, 0.3) is 0 Å². The summed E-state index contributed by atoms with van der Waals surface area (Å²) in [5.41, 5.74) is 1.56. The molecule has 2 rings (SSSR count). The van der Waals surface area contributed by atoms with Gasteiger partial charge in [0, 0.05) is 24.4 Å². The Hall–Kier alpha value is -2.10. The Balaban J connectivity index is 0.00000212. The van der Waals surface area contributed by atoms with Crippen molar-refractivity contribution in [3.63, 3.8) is 0 Å². The number of hydrogen-bond acceptors (Lipinski definition) is 5. The molecular formula is C21H33ClFN3O4S. The van der Waals surface area contributed by atoms with Gasteiger partial charge in [-0.05, 0) is 37.1 Å². The quantitative estimate of drug-likeness (QED) is 0.417. The van der Waals surface area contributed by atoms with E-state index < -0.39 is 16.7 Å². The van der Waals surface area contributed by atoms with Gasteiger partial charge in [0.25, 0.3) is 10.0 Å². The van der Waals surface area contributed by atoms with Crippen LogP contribution < -0.4 is 15.4 Å². The summed E-state index contributed by atoms with van der Waals surface area (Å²) in [4.78, 5) is 11.5. The number of benzene rings is 1. The molecule has 0 bridgehead atoms. The smallest absolute Gasteiger partial charge is 0.263 e. The average molecular weight is 478 g/mol. The topological polar surface area (TPSA) is 108 Å². The molecular weight excluding hydrogens is 445 g/mol. The summed E-state index contributed by atoms with van der Waals surface area (Å²) >= 11 is 5.65. The Bertz CT molecular complexity index is 887. The lowest BCUT2D eigenvalue weighted by atomic mass is 10.0. The first-order valence-electron chi connectivity index (χ1n) is 10.2. The summed E-state index contributed by atoms with van der Waals surface area (Å²) in [6, 6.07) is 3.00. The number of nitrogens with one attached hydrogen (secondary N) is 3. The predicted molar refractivity (Wildman–Crippen MR) is 126 cm³/mol. The molecule has 4 N–H and O–H groups in total. The zero-order valence-electron chi connectivity index (χ0n) is 18.7. The molecule has 0 saturated heterocycles. The lowest BCUT2D eigenvalue weighted by molar-refractivity contribution is -0.116. The van der Waals surface area contributed by atoms with Crippen LogP contribution in [0.5, 0.6) is 0 Å². The van der Waals surface area contributed by atoms with Gasteiger partial charge in [0.2, 0.25) is 5.91 Å². The molecule has 1 aliphatic heterocycles. The molecule has 0 atom stereocenters. The second-order valence-electron chi connectivity index (χ2n) is 5.78. The van der Waals surface area contributed by atoms with Crippen molar-refractivity contribution in [3.8, 4) is 0 Å². The Labute approximate surface area is 189 Å². The molecule has 1 aliphatic rings. The van der Waals surface area contributed by atoms with Crippen LogP contribution >= 0.6 is 11.6 Å². The van der Waals surface area contributed by atoms with Crippen LogP contribution in [0.2, 0.25) is 0 Å². The highest BCUT2D eigenvalue weighted by Crippen LogP contribution is 2.32. The number of hydrogen-bond donors (Lipinski definition) is 4.